The molecule has 1 aromatic rings. The maximum Gasteiger partial charge on any atom is 0.277 e. The zero-order chi connectivity index (χ0) is 8.59. The molecule has 4 heteroatoms. The summed E-state index contributed by atoms with van der Waals surface area (Å²) in [5.74, 6) is 0. The van der Waals surface area contributed by atoms with Gasteiger partial charge in [0.15, 0.2) is 0 Å². The number of benzene rings is 1. The Hall–Kier alpha value is -1.58. The second kappa shape index (κ2) is 2.23. The fourth-order valence-electron chi connectivity index (χ4n) is 0.722. The SMILES string of the molecule is Cc1cc(=O)c(=O)c(=O)c1=O. The van der Waals surface area contributed by atoms with E-state index in [4.69, 9.17) is 0 Å². The molecule has 56 valence electrons. The third kappa shape index (κ3) is 1.02. The van der Waals surface area contributed by atoms with Crippen molar-refractivity contribution in [3.8, 4) is 0 Å². The minimum atomic E-state index is -1.24. The fourth-order valence-corrected chi connectivity index (χ4v) is 0.722. The van der Waals surface area contributed by atoms with E-state index in [-0.39, 0.29) is 5.56 Å². The quantitative estimate of drug-likeness (QED) is 0.416. The molecule has 1 rings (SSSR count). The van der Waals surface area contributed by atoms with Crippen LogP contribution in [0.5, 0.6) is 0 Å². The van der Waals surface area contributed by atoms with Crippen LogP contribution in [0, 0.1) is 6.92 Å². The van der Waals surface area contributed by atoms with Gasteiger partial charge in [-0.2, -0.15) is 0 Å². The topological polar surface area (TPSA) is 68.3 Å². The van der Waals surface area contributed by atoms with Gasteiger partial charge in [0.1, 0.15) is 0 Å². The van der Waals surface area contributed by atoms with Crippen LogP contribution in [0.3, 0.4) is 0 Å². The molecule has 0 aliphatic rings. The van der Waals surface area contributed by atoms with Crippen LogP contribution in [0.4, 0.5) is 0 Å². The molecule has 0 heterocycles. The van der Waals surface area contributed by atoms with Crippen LogP contribution >= 0.6 is 0 Å². The van der Waals surface area contributed by atoms with Gasteiger partial charge in [0.2, 0.25) is 10.9 Å². The fraction of sp³-hybridized carbons (Fsp3) is 0.143. The largest absolute Gasteiger partial charge is 0.285 e. The monoisotopic (exact) mass is 152 g/mol. The summed E-state index contributed by atoms with van der Waals surface area (Å²) in [6.07, 6.45) is 0. The highest BCUT2D eigenvalue weighted by Crippen LogP contribution is 1.71. The zero-order valence-corrected chi connectivity index (χ0v) is 5.71. The molecule has 0 saturated carbocycles. The molecule has 11 heavy (non-hydrogen) atoms. The molecule has 1 aromatic carbocycles. The van der Waals surface area contributed by atoms with E-state index in [1.165, 1.54) is 6.92 Å². The van der Waals surface area contributed by atoms with Gasteiger partial charge in [-0.05, 0) is 13.0 Å². The Morgan fingerprint density at radius 1 is 0.909 bits per heavy atom. The first kappa shape index (κ1) is 7.53. The first-order valence-electron chi connectivity index (χ1n) is 2.89. The van der Waals surface area contributed by atoms with Gasteiger partial charge in [-0.15, -0.1) is 0 Å². The lowest BCUT2D eigenvalue weighted by molar-refractivity contribution is 1.26. The number of aryl methyl sites for hydroxylation is 1. The first-order chi connectivity index (χ1) is 5.04. The standard InChI is InChI=1S/C7H4O4/c1-3-2-4(8)6(10)7(11)5(3)9/h2H,1H3. The van der Waals surface area contributed by atoms with Crippen molar-refractivity contribution in [1.82, 2.24) is 0 Å². The van der Waals surface area contributed by atoms with Crippen molar-refractivity contribution in [2.75, 3.05) is 0 Å². The molecule has 0 bridgehead atoms. The molecular weight excluding hydrogens is 148 g/mol. The van der Waals surface area contributed by atoms with Crippen LogP contribution in [-0.4, -0.2) is 0 Å². The molecule has 0 aliphatic heterocycles. The Bertz CT molecular complexity index is 477. The Morgan fingerprint density at radius 3 is 2.00 bits per heavy atom. The molecule has 0 spiro atoms. The molecule has 0 fully saturated rings. The lowest BCUT2D eigenvalue weighted by Crippen LogP contribution is -2.47. The van der Waals surface area contributed by atoms with E-state index in [0.717, 1.165) is 6.07 Å². The van der Waals surface area contributed by atoms with Crippen LogP contribution in [-0.2, 0) is 0 Å². The molecule has 0 unspecified atom stereocenters. The van der Waals surface area contributed by atoms with Crippen molar-refractivity contribution < 1.29 is 0 Å². The van der Waals surface area contributed by atoms with E-state index in [2.05, 4.69) is 0 Å². The first-order valence-corrected chi connectivity index (χ1v) is 2.89. The summed E-state index contributed by atoms with van der Waals surface area (Å²) in [6.45, 7) is 1.32. The van der Waals surface area contributed by atoms with Gasteiger partial charge in [-0.3, -0.25) is 19.2 Å². The lowest BCUT2D eigenvalue weighted by atomic mass is 10.2. The van der Waals surface area contributed by atoms with Crippen molar-refractivity contribution in [2.45, 2.75) is 6.92 Å². The molecule has 0 amide bonds. The van der Waals surface area contributed by atoms with Gasteiger partial charge >= 0.3 is 0 Å². The Labute approximate surface area is 60.4 Å². The zero-order valence-electron chi connectivity index (χ0n) is 5.71. The average Bonchev–Trinajstić information content (AvgIpc) is 1.97. The summed E-state index contributed by atoms with van der Waals surface area (Å²) in [4.78, 5) is 42.4. The van der Waals surface area contributed by atoms with Crippen molar-refractivity contribution in [3.05, 3.63) is 52.5 Å². The molecule has 0 saturated heterocycles. The van der Waals surface area contributed by atoms with Crippen molar-refractivity contribution in [1.29, 1.82) is 0 Å². The van der Waals surface area contributed by atoms with E-state index in [0.29, 0.717) is 0 Å². The van der Waals surface area contributed by atoms with E-state index in [9.17, 15) is 19.2 Å². The van der Waals surface area contributed by atoms with Crippen LogP contribution < -0.4 is 21.7 Å². The molecule has 0 aliphatic carbocycles. The van der Waals surface area contributed by atoms with Gasteiger partial charge in [0.25, 0.3) is 10.9 Å². The Morgan fingerprint density at radius 2 is 1.45 bits per heavy atom. The molecule has 0 aromatic heterocycles. The molecule has 0 radical (unpaired) electrons. The smallest absolute Gasteiger partial charge is 0.277 e. The summed E-state index contributed by atoms with van der Waals surface area (Å²) >= 11 is 0. The highest BCUT2D eigenvalue weighted by Gasteiger charge is 2.05. The van der Waals surface area contributed by atoms with Crippen LogP contribution in [0.2, 0.25) is 0 Å². The Balaban J connectivity index is 4.06. The van der Waals surface area contributed by atoms with Gasteiger partial charge < -0.3 is 0 Å². The van der Waals surface area contributed by atoms with Gasteiger partial charge in [-0.1, -0.05) is 0 Å². The van der Waals surface area contributed by atoms with Crippen molar-refractivity contribution in [3.63, 3.8) is 0 Å². The second-order valence-electron chi connectivity index (χ2n) is 2.18. The molecular formula is C7H4O4. The molecule has 0 N–H and O–H groups in total. The minimum absolute atomic E-state index is 0.0274. The second-order valence-corrected chi connectivity index (χ2v) is 2.18. The Kier molecular flexibility index (Phi) is 1.53. The predicted octanol–water partition coefficient (Wildman–Crippen LogP) is -1.69. The average molecular weight is 152 g/mol. The number of hydrogen-bond acceptors (Lipinski definition) is 4. The summed E-state index contributed by atoms with van der Waals surface area (Å²) in [6, 6.07) is 0.881. The summed E-state index contributed by atoms with van der Waals surface area (Å²) in [5, 5.41) is 0. The minimum Gasteiger partial charge on any atom is -0.285 e. The third-order valence-corrected chi connectivity index (χ3v) is 1.34. The summed E-state index contributed by atoms with van der Waals surface area (Å²) in [5.41, 5.74) is -4.23. The van der Waals surface area contributed by atoms with E-state index >= 15 is 0 Å². The van der Waals surface area contributed by atoms with E-state index in [1.54, 1.807) is 0 Å². The maximum absolute atomic E-state index is 10.7. The number of rotatable bonds is 0. The van der Waals surface area contributed by atoms with E-state index in [1.807, 2.05) is 0 Å². The molecule has 0 atom stereocenters. The number of hydrogen-bond donors (Lipinski definition) is 0. The normalized spacial score (nSPS) is 9.91. The van der Waals surface area contributed by atoms with Crippen LogP contribution in [0.25, 0.3) is 0 Å². The highest BCUT2D eigenvalue weighted by molar-refractivity contribution is 5.13. The van der Waals surface area contributed by atoms with Gasteiger partial charge in [-0.25, -0.2) is 0 Å². The van der Waals surface area contributed by atoms with Crippen molar-refractivity contribution in [2.24, 2.45) is 0 Å². The maximum atomic E-state index is 10.7. The van der Waals surface area contributed by atoms with E-state index < -0.39 is 21.7 Å². The third-order valence-electron chi connectivity index (χ3n) is 1.34. The van der Waals surface area contributed by atoms with Gasteiger partial charge in [0.05, 0.1) is 0 Å². The lowest BCUT2D eigenvalue weighted by Gasteiger charge is -1.81. The molecule has 4 nitrogen and oxygen atoms in total. The van der Waals surface area contributed by atoms with Crippen LogP contribution in [0.1, 0.15) is 5.56 Å². The van der Waals surface area contributed by atoms with Crippen molar-refractivity contribution >= 4 is 0 Å². The summed E-state index contributed by atoms with van der Waals surface area (Å²) < 4.78 is 0. The van der Waals surface area contributed by atoms with Gasteiger partial charge in [0, 0.05) is 5.56 Å². The predicted molar refractivity (Wildman–Crippen MR) is 38.6 cm³/mol. The summed E-state index contributed by atoms with van der Waals surface area (Å²) in [7, 11) is 0. The highest BCUT2D eigenvalue weighted by atomic mass is 16.2. The van der Waals surface area contributed by atoms with Crippen LogP contribution in [0.15, 0.2) is 25.2 Å².